The number of halogens is 4. The van der Waals surface area contributed by atoms with E-state index in [0.29, 0.717) is 0 Å². The molecule has 2 N–H and O–H groups in total. The monoisotopic (exact) mass is 412 g/mol. The molecule has 2 aromatic rings. The topological polar surface area (TPSA) is 76.7 Å². The predicted molar refractivity (Wildman–Crippen MR) is 93.7 cm³/mol. The Labute approximate surface area is 162 Å². The lowest BCUT2D eigenvalue weighted by molar-refractivity contribution is -0.286. The number of fused-ring (bicyclic) bond motifs is 1. The molecule has 0 unspecified atom stereocenters. The molecule has 0 saturated heterocycles. The van der Waals surface area contributed by atoms with E-state index >= 15 is 0 Å². The highest BCUT2D eigenvalue weighted by Gasteiger charge is 2.43. The molecule has 1 atom stereocenters. The molecule has 1 heterocycles. The number of nitrogens with one attached hydrogen (secondary N) is 2. The number of amides is 2. The van der Waals surface area contributed by atoms with Crippen LogP contribution in [0.5, 0.6) is 11.5 Å². The maximum atomic E-state index is 13.8. The van der Waals surface area contributed by atoms with Gasteiger partial charge in [0.1, 0.15) is 23.2 Å². The van der Waals surface area contributed by atoms with Crippen molar-refractivity contribution in [1.29, 1.82) is 0 Å². The van der Waals surface area contributed by atoms with E-state index in [-0.39, 0.29) is 17.2 Å². The molecule has 0 fully saturated rings. The van der Waals surface area contributed by atoms with Crippen molar-refractivity contribution in [2.75, 3.05) is 5.32 Å². The standard InChI is InChI=1S/C19H16F4N2O4/c1-9(2)16(25-17(26)15-11(20)4-3-5-12(15)21)18(27)24-10-6-7-13-14(8-10)29-19(22,23)28-13/h3-9,16H,1-2H3,(H,24,27)(H,25,26)/t16-/m0/s1. The first-order valence-corrected chi connectivity index (χ1v) is 8.53. The van der Waals surface area contributed by atoms with Gasteiger partial charge in [0.15, 0.2) is 11.5 Å². The molecular formula is C19H16F4N2O4. The number of alkyl halides is 2. The molecule has 29 heavy (non-hydrogen) atoms. The molecule has 1 aliphatic rings. The summed E-state index contributed by atoms with van der Waals surface area (Å²) in [6.45, 7) is 3.23. The number of hydrogen-bond acceptors (Lipinski definition) is 4. The summed E-state index contributed by atoms with van der Waals surface area (Å²) in [6, 6.07) is 5.41. The van der Waals surface area contributed by atoms with E-state index in [2.05, 4.69) is 20.1 Å². The first-order chi connectivity index (χ1) is 13.6. The zero-order valence-corrected chi connectivity index (χ0v) is 15.3. The fourth-order valence-corrected chi connectivity index (χ4v) is 2.71. The first kappa shape index (κ1) is 20.4. The van der Waals surface area contributed by atoms with Gasteiger partial charge in [0.2, 0.25) is 5.91 Å². The summed E-state index contributed by atoms with van der Waals surface area (Å²) < 4.78 is 62.4. The summed E-state index contributed by atoms with van der Waals surface area (Å²) in [7, 11) is 0. The van der Waals surface area contributed by atoms with Gasteiger partial charge in [0, 0.05) is 11.8 Å². The van der Waals surface area contributed by atoms with Crippen LogP contribution in [0.3, 0.4) is 0 Å². The van der Waals surface area contributed by atoms with Crippen molar-refractivity contribution >= 4 is 17.5 Å². The van der Waals surface area contributed by atoms with Gasteiger partial charge in [0.25, 0.3) is 5.91 Å². The van der Waals surface area contributed by atoms with Gasteiger partial charge in [-0.15, -0.1) is 8.78 Å². The highest BCUT2D eigenvalue weighted by atomic mass is 19.3. The van der Waals surface area contributed by atoms with E-state index in [9.17, 15) is 27.2 Å². The highest BCUT2D eigenvalue weighted by Crippen LogP contribution is 2.42. The van der Waals surface area contributed by atoms with Crippen LogP contribution in [0.2, 0.25) is 0 Å². The lowest BCUT2D eigenvalue weighted by Gasteiger charge is -2.22. The summed E-state index contributed by atoms with van der Waals surface area (Å²) in [5.41, 5.74) is -0.705. The molecule has 3 rings (SSSR count). The molecule has 0 saturated carbocycles. The molecule has 6 nitrogen and oxygen atoms in total. The number of benzene rings is 2. The highest BCUT2D eigenvalue weighted by molar-refractivity contribution is 6.01. The third-order valence-electron chi connectivity index (χ3n) is 4.09. The Hall–Kier alpha value is -3.30. The van der Waals surface area contributed by atoms with E-state index < -0.39 is 47.3 Å². The second-order valence-corrected chi connectivity index (χ2v) is 6.61. The molecule has 0 aliphatic carbocycles. The van der Waals surface area contributed by atoms with Crippen molar-refractivity contribution in [3.63, 3.8) is 0 Å². The molecule has 1 aliphatic heterocycles. The van der Waals surface area contributed by atoms with Crippen molar-refractivity contribution in [3.8, 4) is 11.5 Å². The Morgan fingerprint density at radius 3 is 2.24 bits per heavy atom. The third kappa shape index (κ3) is 4.41. The average molecular weight is 412 g/mol. The minimum atomic E-state index is -3.80. The molecular weight excluding hydrogens is 396 g/mol. The molecule has 0 aromatic heterocycles. The van der Waals surface area contributed by atoms with Crippen molar-refractivity contribution in [1.82, 2.24) is 5.32 Å². The summed E-state index contributed by atoms with van der Waals surface area (Å²) in [4.78, 5) is 24.9. The van der Waals surface area contributed by atoms with Gasteiger partial charge in [-0.3, -0.25) is 9.59 Å². The van der Waals surface area contributed by atoms with Gasteiger partial charge in [0.05, 0.1) is 0 Å². The normalized spacial score (nSPS) is 15.1. The van der Waals surface area contributed by atoms with Crippen LogP contribution in [0.25, 0.3) is 0 Å². The van der Waals surface area contributed by atoms with Crippen molar-refractivity contribution in [2.45, 2.75) is 26.2 Å². The number of hydrogen-bond donors (Lipinski definition) is 2. The predicted octanol–water partition coefficient (Wildman–Crippen LogP) is 3.68. The number of carbonyl (C=O) groups excluding carboxylic acids is 2. The fourth-order valence-electron chi connectivity index (χ4n) is 2.71. The van der Waals surface area contributed by atoms with Gasteiger partial charge in [-0.05, 0) is 30.2 Å². The van der Waals surface area contributed by atoms with E-state index in [0.717, 1.165) is 24.3 Å². The molecule has 0 radical (unpaired) electrons. The minimum Gasteiger partial charge on any atom is -0.395 e. The van der Waals surface area contributed by atoms with Crippen LogP contribution in [-0.4, -0.2) is 24.2 Å². The Bertz CT molecular complexity index is 945. The third-order valence-corrected chi connectivity index (χ3v) is 4.09. The molecule has 10 heteroatoms. The van der Waals surface area contributed by atoms with Gasteiger partial charge in [-0.25, -0.2) is 8.78 Å². The van der Waals surface area contributed by atoms with Crippen molar-refractivity contribution in [3.05, 3.63) is 53.6 Å². The summed E-state index contributed by atoms with van der Waals surface area (Å²) in [6.07, 6.45) is -3.80. The second-order valence-electron chi connectivity index (χ2n) is 6.61. The Morgan fingerprint density at radius 1 is 1.00 bits per heavy atom. The van der Waals surface area contributed by atoms with Crippen LogP contribution < -0.4 is 20.1 Å². The lowest BCUT2D eigenvalue weighted by atomic mass is 10.0. The molecule has 2 aromatic carbocycles. The second kappa shape index (κ2) is 7.61. The van der Waals surface area contributed by atoms with Crippen LogP contribution in [0.15, 0.2) is 36.4 Å². The zero-order valence-electron chi connectivity index (χ0n) is 15.3. The number of rotatable bonds is 5. The summed E-state index contributed by atoms with van der Waals surface area (Å²) in [5, 5.41) is 4.74. The van der Waals surface area contributed by atoms with Gasteiger partial charge < -0.3 is 20.1 Å². The average Bonchev–Trinajstić information content (AvgIpc) is 2.92. The smallest absolute Gasteiger partial charge is 0.395 e. The quantitative estimate of drug-likeness (QED) is 0.735. The Kier molecular flexibility index (Phi) is 5.36. The number of carbonyl (C=O) groups is 2. The van der Waals surface area contributed by atoms with Crippen molar-refractivity contribution < 1.29 is 36.6 Å². The largest absolute Gasteiger partial charge is 0.586 e. The SMILES string of the molecule is CC(C)[C@H](NC(=O)c1c(F)cccc1F)C(=O)Nc1ccc2c(c1)OC(F)(F)O2. The molecule has 0 spiro atoms. The van der Waals surface area contributed by atoms with E-state index in [4.69, 9.17) is 0 Å². The first-order valence-electron chi connectivity index (χ1n) is 8.53. The van der Waals surface area contributed by atoms with Gasteiger partial charge >= 0.3 is 6.29 Å². The van der Waals surface area contributed by atoms with Gasteiger partial charge in [-0.2, -0.15) is 0 Å². The van der Waals surface area contributed by atoms with Gasteiger partial charge in [-0.1, -0.05) is 19.9 Å². The maximum Gasteiger partial charge on any atom is 0.586 e. The summed E-state index contributed by atoms with van der Waals surface area (Å²) >= 11 is 0. The van der Waals surface area contributed by atoms with E-state index in [1.165, 1.54) is 12.1 Å². The lowest BCUT2D eigenvalue weighted by Crippen LogP contribution is -2.47. The fraction of sp³-hybridized carbons (Fsp3) is 0.263. The minimum absolute atomic E-state index is 0.104. The number of anilines is 1. The maximum absolute atomic E-state index is 13.8. The van der Waals surface area contributed by atoms with Crippen LogP contribution >= 0.6 is 0 Å². The van der Waals surface area contributed by atoms with Crippen LogP contribution in [-0.2, 0) is 4.79 Å². The zero-order chi connectivity index (χ0) is 21.3. The van der Waals surface area contributed by atoms with Crippen LogP contribution in [0, 0.1) is 17.6 Å². The Balaban J connectivity index is 1.75. The van der Waals surface area contributed by atoms with E-state index in [1.54, 1.807) is 13.8 Å². The molecule has 0 bridgehead atoms. The summed E-state index contributed by atoms with van der Waals surface area (Å²) in [5.74, 6) is -4.87. The van der Waals surface area contributed by atoms with Crippen LogP contribution in [0.4, 0.5) is 23.2 Å². The van der Waals surface area contributed by atoms with Crippen LogP contribution in [0.1, 0.15) is 24.2 Å². The van der Waals surface area contributed by atoms with Crippen molar-refractivity contribution in [2.24, 2.45) is 5.92 Å². The number of ether oxygens (including phenoxy) is 2. The van der Waals surface area contributed by atoms with E-state index in [1.807, 2.05) is 0 Å². The molecule has 2 amide bonds. The molecule has 154 valence electrons. The Morgan fingerprint density at radius 2 is 1.62 bits per heavy atom.